The summed E-state index contributed by atoms with van der Waals surface area (Å²) in [6.07, 6.45) is 1.77. The molecule has 1 saturated heterocycles. The summed E-state index contributed by atoms with van der Waals surface area (Å²) in [5.74, 6) is -0.384. The van der Waals surface area contributed by atoms with Gasteiger partial charge in [-0.25, -0.2) is 0 Å². The summed E-state index contributed by atoms with van der Waals surface area (Å²) in [7, 11) is 0. The molecule has 0 spiro atoms. The quantitative estimate of drug-likeness (QED) is 0.411. The third-order valence-electron chi connectivity index (χ3n) is 3.13. The Balaban J connectivity index is 2.32. The molecule has 1 aromatic carbocycles. The maximum atomic E-state index is 12.6. The van der Waals surface area contributed by atoms with E-state index in [2.05, 4.69) is 15.9 Å². The van der Waals surface area contributed by atoms with Gasteiger partial charge in [0.1, 0.15) is 10.4 Å². The molecule has 3 nitrogen and oxygen atoms in total. The number of halogens is 2. The van der Waals surface area contributed by atoms with Crippen LogP contribution < -0.4 is 0 Å². The number of amides is 1. The number of rotatable bonds is 4. The van der Waals surface area contributed by atoms with Crippen molar-refractivity contribution in [2.24, 2.45) is 5.92 Å². The largest absolute Gasteiger partial charge is 0.281 e. The topological polar surface area (TPSA) is 37.4 Å². The van der Waals surface area contributed by atoms with Crippen molar-refractivity contribution in [2.45, 2.75) is 19.9 Å². The Hall–Kier alpha value is -0.690. The molecule has 2 rings (SSSR count). The van der Waals surface area contributed by atoms with Crippen LogP contribution in [0.4, 0.5) is 0 Å². The number of thioether (sulfide) groups is 1. The molecule has 7 heteroatoms. The molecule has 1 atom stereocenters. The minimum Gasteiger partial charge on any atom is -0.281 e. The van der Waals surface area contributed by atoms with E-state index in [1.165, 1.54) is 16.7 Å². The van der Waals surface area contributed by atoms with Crippen LogP contribution in [0.5, 0.6) is 0 Å². The minimum atomic E-state index is -0.731. The van der Waals surface area contributed by atoms with Gasteiger partial charge in [0.25, 0.3) is 5.91 Å². The minimum absolute atomic E-state index is 0.112. The summed E-state index contributed by atoms with van der Waals surface area (Å²) < 4.78 is 1.32. The van der Waals surface area contributed by atoms with Gasteiger partial charge >= 0.3 is 0 Å². The van der Waals surface area contributed by atoms with Crippen LogP contribution in [-0.2, 0) is 9.59 Å². The molecule has 1 fully saturated rings. The van der Waals surface area contributed by atoms with Crippen molar-refractivity contribution in [3.63, 3.8) is 0 Å². The third-order valence-corrected chi connectivity index (χ3v) is 5.22. The van der Waals surface area contributed by atoms with E-state index < -0.39 is 11.3 Å². The monoisotopic (exact) mass is 417 g/mol. The lowest BCUT2D eigenvalue weighted by molar-refractivity contribution is -0.129. The Morgan fingerprint density at radius 3 is 2.45 bits per heavy atom. The van der Waals surface area contributed by atoms with Gasteiger partial charge in [-0.05, 0) is 41.3 Å². The van der Waals surface area contributed by atoms with Crippen LogP contribution in [0.15, 0.2) is 33.6 Å². The molecule has 116 valence electrons. The Morgan fingerprint density at radius 2 is 1.95 bits per heavy atom. The molecule has 1 aliphatic heterocycles. The van der Waals surface area contributed by atoms with Crippen molar-refractivity contribution in [2.75, 3.05) is 0 Å². The van der Waals surface area contributed by atoms with Gasteiger partial charge < -0.3 is 0 Å². The van der Waals surface area contributed by atoms with E-state index in [9.17, 15) is 9.59 Å². The first-order valence-corrected chi connectivity index (χ1v) is 8.93. The number of hydrogen-bond donors (Lipinski definition) is 0. The summed E-state index contributed by atoms with van der Waals surface area (Å²) in [6.45, 7) is 3.67. The van der Waals surface area contributed by atoms with E-state index in [1.54, 1.807) is 6.08 Å². The molecule has 0 aromatic heterocycles. The lowest BCUT2D eigenvalue weighted by Gasteiger charge is -2.26. The average molecular weight is 419 g/mol. The predicted molar refractivity (Wildman–Crippen MR) is 98.6 cm³/mol. The molecule has 1 unspecified atom stereocenters. The van der Waals surface area contributed by atoms with Crippen LogP contribution in [0.1, 0.15) is 19.4 Å². The first-order valence-electron chi connectivity index (χ1n) is 6.53. The van der Waals surface area contributed by atoms with E-state index in [-0.39, 0.29) is 11.8 Å². The van der Waals surface area contributed by atoms with Crippen molar-refractivity contribution < 1.29 is 9.59 Å². The van der Waals surface area contributed by atoms with E-state index in [4.69, 9.17) is 23.8 Å². The Labute approximate surface area is 152 Å². The first kappa shape index (κ1) is 17.7. The highest BCUT2D eigenvalue weighted by Gasteiger charge is 2.41. The zero-order chi connectivity index (χ0) is 16.4. The van der Waals surface area contributed by atoms with Crippen LogP contribution in [0, 0.1) is 5.92 Å². The van der Waals surface area contributed by atoms with Gasteiger partial charge in [0.05, 0.1) is 4.91 Å². The fourth-order valence-corrected chi connectivity index (χ4v) is 4.04. The number of benzene rings is 1. The van der Waals surface area contributed by atoms with E-state index >= 15 is 0 Å². The molecule has 0 saturated carbocycles. The van der Waals surface area contributed by atoms with Gasteiger partial charge in [0, 0.05) is 4.47 Å². The Bertz CT molecular complexity index is 658. The maximum Gasteiger partial charge on any atom is 0.266 e. The van der Waals surface area contributed by atoms with Gasteiger partial charge in [0.15, 0.2) is 0 Å². The van der Waals surface area contributed by atoms with Crippen LogP contribution in [0.2, 0.25) is 0 Å². The van der Waals surface area contributed by atoms with Gasteiger partial charge in [-0.2, -0.15) is 0 Å². The number of thiocarbonyl (C=S) groups is 1. The molecule has 1 aliphatic rings. The summed E-state index contributed by atoms with van der Waals surface area (Å²) in [6, 6.07) is 6.84. The zero-order valence-corrected chi connectivity index (χ0v) is 15.9. The van der Waals surface area contributed by atoms with Crippen LogP contribution in [0.25, 0.3) is 6.08 Å². The second kappa shape index (κ2) is 7.25. The molecule has 1 aromatic rings. The highest BCUT2D eigenvalue weighted by atomic mass is 79.9. The van der Waals surface area contributed by atoms with Crippen LogP contribution >= 0.6 is 51.5 Å². The molecule has 0 N–H and O–H groups in total. The second-order valence-electron chi connectivity index (χ2n) is 5.10. The number of nitrogens with zero attached hydrogens (tertiary/aromatic N) is 1. The summed E-state index contributed by atoms with van der Waals surface area (Å²) in [4.78, 5) is 26.0. The number of carbonyl (C=O) groups excluding carboxylic acids is 2. The van der Waals surface area contributed by atoms with Gasteiger partial charge in [-0.1, -0.05) is 65.9 Å². The fraction of sp³-hybridized carbons (Fsp3) is 0.267. The molecule has 0 aliphatic carbocycles. The molecule has 1 amide bonds. The van der Waals surface area contributed by atoms with E-state index in [0.717, 1.165) is 10.0 Å². The summed E-state index contributed by atoms with van der Waals surface area (Å²) in [5.41, 5.74) is 0.891. The molecular formula is C15H13BrClNO2S2. The molecule has 22 heavy (non-hydrogen) atoms. The van der Waals surface area contributed by atoms with Gasteiger partial charge in [0.2, 0.25) is 5.24 Å². The molecular weight excluding hydrogens is 406 g/mol. The van der Waals surface area contributed by atoms with Crippen LogP contribution in [0.3, 0.4) is 0 Å². The highest BCUT2D eigenvalue weighted by molar-refractivity contribution is 9.10. The molecule has 1 heterocycles. The lowest BCUT2D eigenvalue weighted by atomic mass is 10.0. The van der Waals surface area contributed by atoms with Gasteiger partial charge in [-0.15, -0.1) is 0 Å². The van der Waals surface area contributed by atoms with E-state index in [0.29, 0.717) is 9.23 Å². The smallest absolute Gasteiger partial charge is 0.266 e. The van der Waals surface area contributed by atoms with Crippen molar-refractivity contribution in [1.82, 2.24) is 4.90 Å². The number of hydrogen-bond acceptors (Lipinski definition) is 4. The van der Waals surface area contributed by atoms with Crippen LogP contribution in [-0.4, -0.2) is 26.4 Å². The average Bonchev–Trinajstić information content (AvgIpc) is 2.69. The second-order valence-corrected chi connectivity index (χ2v) is 8.06. The Kier molecular flexibility index (Phi) is 5.82. The summed E-state index contributed by atoms with van der Waals surface area (Å²) >= 11 is 15.5. The van der Waals surface area contributed by atoms with Gasteiger partial charge in [-0.3, -0.25) is 14.5 Å². The predicted octanol–water partition coefficient (Wildman–Crippen LogP) is 4.44. The Morgan fingerprint density at radius 1 is 1.36 bits per heavy atom. The fourth-order valence-electron chi connectivity index (χ4n) is 2.09. The van der Waals surface area contributed by atoms with Crippen molar-refractivity contribution in [3.05, 3.63) is 39.2 Å². The number of carbonyl (C=O) groups is 2. The normalized spacial score (nSPS) is 18.4. The lowest BCUT2D eigenvalue weighted by Crippen LogP contribution is -2.45. The standard InChI is InChI=1S/C15H13BrClNO2S2/c1-8(2)12(13(17)19)18-14(20)11(22-15(18)21)7-9-3-5-10(16)6-4-9/h3-8,12H,1-2H3. The maximum absolute atomic E-state index is 12.6. The van der Waals surface area contributed by atoms with Crippen molar-refractivity contribution >= 4 is 73.1 Å². The highest BCUT2D eigenvalue weighted by Crippen LogP contribution is 2.36. The molecule has 0 bridgehead atoms. The van der Waals surface area contributed by atoms with Crippen molar-refractivity contribution in [1.29, 1.82) is 0 Å². The first-order chi connectivity index (χ1) is 10.3. The molecule has 0 radical (unpaired) electrons. The summed E-state index contributed by atoms with van der Waals surface area (Å²) in [5, 5.41) is -0.573. The zero-order valence-electron chi connectivity index (χ0n) is 11.9. The third kappa shape index (κ3) is 3.79. The van der Waals surface area contributed by atoms with Crippen molar-refractivity contribution in [3.8, 4) is 0 Å². The van der Waals surface area contributed by atoms with E-state index in [1.807, 2.05) is 38.1 Å². The SMILES string of the molecule is CC(C)C(C(=O)Cl)N1C(=O)C(=Cc2ccc(Br)cc2)SC1=S.